The Labute approximate surface area is 110 Å². The van der Waals surface area contributed by atoms with E-state index < -0.39 is 0 Å². The van der Waals surface area contributed by atoms with Crippen LogP contribution in [0.3, 0.4) is 0 Å². The number of phenolic OH excluding ortho intramolecular Hbond substituents is 1. The molecule has 3 N–H and O–H groups in total. The maximum absolute atomic E-state index is 9.86. The number of benzene rings is 1. The van der Waals surface area contributed by atoms with E-state index >= 15 is 0 Å². The molecule has 3 nitrogen and oxygen atoms in total. The van der Waals surface area contributed by atoms with Crippen molar-refractivity contribution < 1.29 is 10.2 Å². The molecule has 0 saturated heterocycles. The topological polar surface area (TPSA) is 52.5 Å². The van der Waals surface area contributed by atoms with Crippen molar-refractivity contribution in [3.05, 3.63) is 28.2 Å². The van der Waals surface area contributed by atoms with E-state index in [0.717, 1.165) is 22.9 Å². The fourth-order valence-electron chi connectivity index (χ4n) is 2.47. The summed E-state index contributed by atoms with van der Waals surface area (Å²) in [5.74, 6) is 0.669. The average molecular weight is 300 g/mol. The molecule has 0 aliphatic heterocycles. The third kappa shape index (κ3) is 3.00. The third-order valence-corrected chi connectivity index (χ3v) is 4.16. The molecule has 2 rings (SSSR count). The second-order valence-corrected chi connectivity index (χ2v) is 5.46. The second kappa shape index (κ2) is 5.85. The summed E-state index contributed by atoms with van der Waals surface area (Å²) in [7, 11) is 0. The van der Waals surface area contributed by atoms with Gasteiger partial charge in [0.25, 0.3) is 0 Å². The van der Waals surface area contributed by atoms with Crippen molar-refractivity contribution in [1.29, 1.82) is 0 Å². The number of para-hydroxylation sites is 1. The van der Waals surface area contributed by atoms with Crippen LogP contribution in [0.15, 0.2) is 22.7 Å². The first-order chi connectivity index (χ1) is 8.22. The molecule has 0 spiro atoms. The van der Waals surface area contributed by atoms with Crippen molar-refractivity contribution in [2.45, 2.75) is 31.8 Å². The van der Waals surface area contributed by atoms with E-state index in [1.54, 1.807) is 0 Å². The van der Waals surface area contributed by atoms with E-state index in [4.69, 9.17) is 0 Å². The Bertz CT molecular complexity index is 384. The highest BCUT2D eigenvalue weighted by molar-refractivity contribution is 9.10. The Hall–Kier alpha value is -0.580. The zero-order valence-electron chi connectivity index (χ0n) is 9.69. The highest BCUT2D eigenvalue weighted by atomic mass is 79.9. The van der Waals surface area contributed by atoms with Crippen LogP contribution in [0.2, 0.25) is 0 Å². The van der Waals surface area contributed by atoms with E-state index in [1.807, 2.05) is 18.2 Å². The minimum absolute atomic E-state index is 0.252. The lowest BCUT2D eigenvalue weighted by atomic mass is 10.0. The molecule has 2 atom stereocenters. The highest BCUT2D eigenvalue weighted by Crippen LogP contribution is 2.29. The van der Waals surface area contributed by atoms with Gasteiger partial charge in [-0.3, -0.25) is 0 Å². The minimum Gasteiger partial charge on any atom is -0.506 e. The number of hydrogen-bond donors (Lipinski definition) is 3. The number of halogens is 1. The van der Waals surface area contributed by atoms with E-state index in [0.29, 0.717) is 24.3 Å². The van der Waals surface area contributed by atoms with Gasteiger partial charge in [-0.05, 0) is 40.8 Å². The maximum Gasteiger partial charge on any atom is 0.134 e. The Balaban J connectivity index is 1.95. The first kappa shape index (κ1) is 12.9. The van der Waals surface area contributed by atoms with E-state index in [2.05, 4.69) is 21.2 Å². The number of nitrogens with one attached hydrogen (secondary N) is 1. The van der Waals surface area contributed by atoms with Gasteiger partial charge in [-0.2, -0.15) is 0 Å². The van der Waals surface area contributed by atoms with Crippen LogP contribution in [-0.4, -0.2) is 22.9 Å². The van der Waals surface area contributed by atoms with E-state index in [9.17, 15) is 10.2 Å². The lowest BCUT2D eigenvalue weighted by Crippen LogP contribution is -2.33. The second-order valence-electron chi connectivity index (χ2n) is 4.61. The van der Waals surface area contributed by atoms with Crippen LogP contribution < -0.4 is 5.32 Å². The summed E-state index contributed by atoms with van der Waals surface area (Å²) in [6.45, 7) is 0.897. The van der Waals surface area contributed by atoms with Crippen molar-refractivity contribution in [1.82, 2.24) is 5.32 Å². The Morgan fingerprint density at radius 3 is 2.94 bits per heavy atom. The fourth-order valence-corrected chi connectivity index (χ4v) is 2.88. The first-order valence-electron chi connectivity index (χ1n) is 6.03. The summed E-state index contributed by atoms with van der Waals surface area (Å²) in [4.78, 5) is 0. The molecule has 0 heterocycles. The van der Waals surface area contributed by atoms with Crippen molar-refractivity contribution in [3.63, 3.8) is 0 Å². The zero-order valence-corrected chi connectivity index (χ0v) is 11.3. The largest absolute Gasteiger partial charge is 0.506 e. The lowest BCUT2D eigenvalue weighted by Gasteiger charge is -2.19. The molecular formula is C13H18BrNO2. The van der Waals surface area contributed by atoms with Crippen molar-refractivity contribution in [2.24, 2.45) is 5.92 Å². The van der Waals surface area contributed by atoms with Crippen molar-refractivity contribution in [2.75, 3.05) is 6.61 Å². The third-order valence-electron chi connectivity index (χ3n) is 3.52. The van der Waals surface area contributed by atoms with Gasteiger partial charge >= 0.3 is 0 Å². The summed E-state index contributed by atoms with van der Waals surface area (Å²) < 4.78 is 0.724. The van der Waals surface area contributed by atoms with Crippen LogP contribution in [0, 0.1) is 5.92 Å². The highest BCUT2D eigenvalue weighted by Gasteiger charge is 2.26. The SMILES string of the molecule is OCC1CCCC1NCc1cccc(Br)c1O. The van der Waals surface area contributed by atoms with Crippen LogP contribution in [0.1, 0.15) is 24.8 Å². The predicted octanol–water partition coefficient (Wildman–Crippen LogP) is 2.41. The van der Waals surface area contributed by atoms with Crippen molar-refractivity contribution >= 4 is 15.9 Å². The molecule has 2 unspecified atom stereocenters. The van der Waals surface area contributed by atoms with Gasteiger partial charge in [0.1, 0.15) is 5.75 Å². The molecular weight excluding hydrogens is 282 g/mol. The average Bonchev–Trinajstić information content (AvgIpc) is 2.78. The summed E-state index contributed by atoms with van der Waals surface area (Å²) in [6, 6.07) is 6.03. The maximum atomic E-state index is 9.86. The van der Waals surface area contributed by atoms with Gasteiger partial charge in [-0.25, -0.2) is 0 Å². The van der Waals surface area contributed by atoms with Crippen LogP contribution in [0.25, 0.3) is 0 Å². The normalized spacial score (nSPS) is 24.1. The molecule has 0 aromatic heterocycles. The minimum atomic E-state index is 0.252. The molecule has 1 aliphatic rings. The predicted molar refractivity (Wildman–Crippen MR) is 70.9 cm³/mol. The molecule has 1 aliphatic carbocycles. The molecule has 0 amide bonds. The zero-order chi connectivity index (χ0) is 12.3. The molecule has 0 bridgehead atoms. The molecule has 1 aromatic rings. The van der Waals surface area contributed by atoms with Gasteiger partial charge in [-0.15, -0.1) is 0 Å². The summed E-state index contributed by atoms with van der Waals surface area (Å²) in [5, 5.41) is 22.5. The number of phenols is 1. The van der Waals surface area contributed by atoms with Gasteiger partial charge in [0.15, 0.2) is 0 Å². The number of aromatic hydroxyl groups is 1. The van der Waals surface area contributed by atoms with E-state index in [1.165, 1.54) is 6.42 Å². The van der Waals surface area contributed by atoms with Gasteiger partial charge in [-0.1, -0.05) is 18.6 Å². The van der Waals surface area contributed by atoms with Gasteiger partial charge in [0.2, 0.25) is 0 Å². The molecule has 1 aromatic carbocycles. The Kier molecular flexibility index (Phi) is 4.42. The van der Waals surface area contributed by atoms with E-state index in [-0.39, 0.29) is 6.61 Å². The van der Waals surface area contributed by atoms with Gasteiger partial charge in [0, 0.05) is 24.8 Å². The van der Waals surface area contributed by atoms with Crippen LogP contribution in [-0.2, 0) is 6.54 Å². The van der Waals surface area contributed by atoms with Crippen LogP contribution >= 0.6 is 15.9 Å². The monoisotopic (exact) mass is 299 g/mol. The Morgan fingerprint density at radius 1 is 1.35 bits per heavy atom. The fraction of sp³-hybridized carbons (Fsp3) is 0.538. The van der Waals surface area contributed by atoms with Gasteiger partial charge < -0.3 is 15.5 Å². The van der Waals surface area contributed by atoms with Crippen LogP contribution in [0.5, 0.6) is 5.75 Å². The molecule has 1 fully saturated rings. The molecule has 94 valence electrons. The smallest absolute Gasteiger partial charge is 0.134 e. The number of aliphatic hydroxyl groups excluding tert-OH is 1. The Morgan fingerprint density at radius 2 is 2.18 bits per heavy atom. The number of aliphatic hydroxyl groups is 1. The molecule has 4 heteroatoms. The molecule has 1 saturated carbocycles. The lowest BCUT2D eigenvalue weighted by molar-refractivity contribution is 0.205. The van der Waals surface area contributed by atoms with Crippen LogP contribution in [0.4, 0.5) is 0 Å². The number of hydrogen-bond acceptors (Lipinski definition) is 3. The summed E-state index contributed by atoms with van der Waals surface area (Å²) in [6.07, 6.45) is 3.38. The van der Waals surface area contributed by atoms with Crippen molar-refractivity contribution in [3.8, 4) is 5.75 Å². The quantitative estimate of drug-likeness (QED) is 0.800. The molecule has 0 radical (unpaired) electrons. The van der Waals surface area contributed by atoms with Gasteiger partial charge in [0.05, 0.1) is 4.47 Å². The summed E-state index contributed by atoms with van der Waals surface area (Å²) in [5.41, 5.74) is 0.892. The summed E-state index contributed by atoms with van der Waals surface area (Å²) >= 11 is 3.31. The standard InChI is InChI=1S/C13H18BrNO2/c14-11-5-1-3-9(13(11)17)7-15-12-6-2-4-10(12)8-16/h1,3,5,10,12,15-17H,2,4,6-8H2. The molecule has 17 heavy (non-hydrogen) atoms. The first-order valence-corrected chi connectivity index (χ1v) is 6.82. The number of rotatable bonds is 4.